The summed E-state index contributed by atoms with van der Waals surface area (Å²) >= 11 is 0. The summed E-state index contributed by atoms with van der Waals surface area (Å²) in [5.74, 6) is -0.684. The summed E-state index contributed by atoms with van der Waals surface area (Å²) in [5.41, 5.74) is 7.19. The van der Waals surface area contributed by atoms with E-state index < -0.39 is 12.0 Å². The van der Waals surface area contributed by atoms with Gasteiger partial charge in [-0.3, -0.25) is 0 Å². The lowest BCUT2D eigenvalue weighted by molar-refractivity contribution is -0.142. The van der Waals surface area contributed by atoms with Crippen LogP contribution in [-0.2, 0) is 17.8 Å². The monoisotopic (exact) mass is 293 g/mol. The van der Waals surface area contributed by atoms with Gasteiger partial charge in [-0.25, -0.2) is 14.6 Å². The van der Waals surface area contributed by atoms with Crippen LogP contribution in [0.5, 0.6) is 0 Å². The molecule has 1 saturated heterocycles. The highest BCUT2D eigenvalue weighted by Crippen LogP contribution is 2.24. The quantitative estimate of drug-likeness (QED) is 0.687. The zero-order valence-electron chi connectivity index (χ0n) is 11.7. The summed E-state index contributed by atoms with van der Waals surface area (Å²) < 4.78 is 0. The molecule has 1 fully saturated rings. The number of H-pyrrole nitrogens is 1. The topological polar surface area (TPSA) is 116 Å². The third-order valence-electron chi connectivity index (χ3n) is 4.32. The van der Waals surface area contributed by atoms with Crippen molar-refractivity contribution < 1.29 is 14.7 Å². The fourth-order valence-electron chi connectivity index (χ4n) is 3.04. The van der Waals surface area contributed by atoms with Crippen molar-refractivity contribution in [1.82, 2.24) is 19.8 Å². The van der Waals surface area contributed by atoms with Crippen molar-refractivity contribution in [3.05, 3.63) is 17.7 Å². The van der Waals surface area contributed by atoms with Crippen LogP contribution in [0.15, 0.2) is 6.33 Å². The minimum absolute atomic E-state index is 0.224. The molecule has 8 heteroatoms. The molecule has 2 aliphatic heterocycles. The highest BCUT2D eigenvalue weighted by atomic mass is 16.4. The lowest BCUT2D eigenvalue weighted by Gasteiger charge is -2.35. The van der Waals surface area contributed by atoms with Crippen molar-refractivity contribution in [3.63, 3.8) is 0 Å². The van der Waals surface area contributed by atoms with Gasteiger partial charge in [-0.05, 0) is 18.9 Å². The average Bonchev–Trinajstić information content (AvgIpc) is 3.13. The molecule has 2 atom stereocenters. The van der Waals surface area contributed by atoms with E-state index in [1.807, 2.05) is 0 Å². The van der Waals surface area contributed by atoms with E-state index in [1.54, 1.807) is 4.90 Å². The molecule has 8 nitrogen and oxygen atoms in total. The van der Waals surface area contributed by atoms with Crippen molar-refractivity contribution in [2.24, 2.45) is 11.7 Å². The number of imidazole rings is 1. The number of carboxylic acids is 1. The van der Waals surface area contributed by atoms with Crippen molar-refractivity contribution in [1.29, 1.82) is 0 Å². The Morgan fingerprint density at radius 2 is 2.33 bits per heavy atom. The van der Waals surface area contributed by atoms with E-state index in [1.165, 1.54) is 11.2 Å². The van der Waals surface area contributed by atoms with E-state index in [2.05, 4.69) is 9.97 Å². The normalized spacial score (nSPS) is 25.0. The second-order valence-corrected chi connectivity index (χ2v) is 5.63. The smallest absolute Gasteiger partial charge is 0.326 e. The lowest BCUT2D eigenvalue weighted by atomic mass is 10.0. The van der Waals surface area contributed by atoms with Gasteiger partial charge in [0.2, 0.25) is 0 Å². The third-order valence-corrected chi connectivity index (χ3v) is 4.32. The number of amides is 2. The van der Waals surface area contributed by atoms with Crippen molar-refractivity contribution in [3.8, 4) is 0 Å². The molecular weight excluding hydrogens is 274 g/mol. The van der Waals surface area contributed by atoms with Gasteiger partial charge in [-0.1, -0.05) is 0 Å². The number of urea groups is 1. The maximum absolute atomic E-state index is 12.6. The molecule has 1 aromatic heterocycles. The molecule has 0 aromatic carbocycles. The van der Waals surface area contributed by atoms with E-state index >= 15 is 0 Å². The molecule has 0 aliphatic carbocycles. The summed E-state index contributed by atoms with van der Waals surface area (Å²) in [5, 5.41) is 9.39. The van der Waals surface area contributed by atoms with Gasteiger partial charge in [0.15, 0.2) is 0 Å². The SMILES string of the molecule is NCC1CCN(C(=O)N2Cc3[nH]cnc3CC2C(=O)O)C1. The van der Waals surface area contributed by atoms with E-state index in [0.717, 1.165) is 17.8 Å². The van der Waals surface area contributed by atoms with E-state index in [-0.39, 0.29) is 19.0 Å². The Hall–Kier alpha value is -2.09. The summed E-state index contributed by atoms with van der Waals surface area (Å²) in [7, 11) is 0. The van der Waals surface area contributed by atoms with Gasteiger partial charge < -0.3 is 25.6 Å². The highest BCUT2D eigenvalue weighted by Gasteiger charge is 2.39. The molecule has 2 unspecified atom stereocenters. The standard InChI is InChI=1S/C13H19N5O3/c14-4-8-1-2-17(5-8)13(21)18-6-10-9(15-7-16-10)3-11(18)12(19)20/h7-8,11H,1-6,14H2,(H,15,16)(H,19,20). The number of likely N-dealkylation sites (tertiary alicyclic amines) is 1. The maximum atomic E-state index is 12.6. The molecule has 2 amide bonds. The molecule has 0 radical (unpaired) electrons. The van der Waals surface area contributed by atoms with E-state index in [9.17, 15) is 14.7 Å². The largest absolute Gasteiger partial charge is 0.480 e. The predicted molar refractivity (Wildman–Crippen MR) is 73.4 cm³/mol. The number of aromatic nitrogens is 2. The predicted octanol–water partition coefficient (Wildman–Crippen LogP) is -0.378. The summed E-state index contributed by atoms with van der Waals surface area (Å²) in [6, 6.07) is -1.08. The Bertz CT molecular complexity index is 558. The Labute approximate surface area is 121 Å². The molecule has 3 heterocycles. The molecular formula is C13H19N5O3. The number of rotatable bonds is 2. The fraction of sp³-hybridized carbons (Fsp3) is 0.615. The number of carbonyl (C=O) groups excluding carboxylic acids is 1. The minimum Gasteiger partial charge on any atom is -0.480 e. The number of hydrogen-bond donors (Lipinski definition) is 3. The van der Waals surface area contributed by atoms with Crippen LogP contribution in [0.3, 0.4) is 0 Å². The van der Waals surface area contributed by atoms with Crippen LogP contribution in [0.1, 0.15) is 17.8 Å². The number of carbonyl (C=O) groups is 2. The number of hydrogen-bond acceptors (Lipinski definition) is 4. The molecule has 0 bridgehead atoms. The number of aliphatic carboxylic acids is 1. The van der Waals surface area contributed by atoms with Gasteiger partial charge in [-0.15, -0.1) is 0 Å². The second-order valence-electron chi connectivity index (χ2n) is 5.63. The molecule has 2 aliphatic rings. The van der Waals surface area contributed by atoms with Crippen LogP contribution in [0.2, 0.25) is 0 Å². The van der Waals surface area contributed by atoms with Gasteiger partial charge in [0.05, 0.1) is 24.3 Å². The fourth-order valence-corrected chi connectivity index (χ4v) is 3.04. The molecule has 1 aromatic rings. The number of nitrogens with zero attached hydrogens (tertiary/aromatic N) is 3. The first-order chi connectivity index (χ1) is 10.1. The van der Waals surface area contributed by atoms with E-state index in [4.69, 9.17) is 5.73 Å². The van der Waals surface area contributed by atoms with Gasteiger partial charge >= 0.3 is 12.0 Å². The minimum atomic E-state index is -0.994. The lowest BCUT2D eigenvalue weighted by Crippen LogP contribution is -2.53. The number of fused-ring (bicyclic) bond motifs is 1. The van der Waals surface area contributed by atoms with Crippen LogP contribution in [0.25, 0.3) is 0 Å². The number of nitrogens with one attached hydrogen (secondary N) is 1. The average molecular weight is 293 g/mol. The zero-order valence-corrected chi connectivity index (χ0v) is 11.7. The van der Waals surface area contributed by atoms with E-state index in [0.29, 0.717) is 25.6 Å². The van der Waals surface area contributed by atoms with Crippen molar-refractivity contribution in [2.75, 3.05) is 19.6 Å². The van der Waals surface area contributed by atoms with Crippen LogP contribution in [0, 0.1) is 5.92 Å². The Morgan fingerprint density at radius 3 is 3.00 bits per heavy atom. The first kappa shape index (κ1) is 13.9. The summed E-state index contributed by atoms with van der Waals surface area (Å²) in [6.45, 7) is 2.05. The van der Waals surface area contributed by atoms with Gasteiger partial charge in [0.1, 0.15) is 6.04 Å². The molecule has 3 rings (SSSR count). The van der Waals surface area contributed by atoms with Gasteiger partial charge in [-0.2, -0.15) is 0 Å². The van der Waals surface area contributed by atoms with Crippen LogP contribution >= 0.6 is 0 Å². The van der Waals surface area contributed by atoms with Crippen LogP contribution in [0.4, 0.5) is 4.79 Å². The Morgan fingerprint density at radius 1 is 1.52 bits per heavy atom. The Balaban J connectivity index is 1.79. The number of carboxylic acid groups (broad SMARTS) is 1. The molecule has 21 heavy (non-hydrogen) atoms. The zero-order chi connectivity index (χ0) is 15.0. The number of nitrogens with two attached hydrogens (primary N) is 1. The van der Waals surface area contributed by atoms with Gasteiger partial charge in [0.25, 0.3) is 0 Å². The highest BCUT2D eigenvalue weighted by molar-refractivity contribution is 5.83. The van der Waals surface area contributed by atoms with Gasteiger partial charge in [0, 0.05) is 19.5 Å². The molecule has 4 N–H and O–H groups in total. The first-order valence-corrected chi connectivity index (χ1v) is 7.09. The number of aromatic amines is 1. The maximum Gasteiger partial charge on any atom is 0.326 e. The summed E-state index contributed by atoms with van der Waals surface area (Å²) in [4.78, 5) is 34.3. The third kappa shape index (κ3) is 2.46. The first-order valence-electron chi connectivity index (χ1n) is 7.09. The second kappa shape index (κ2) is 5.36. The molecule has 0 saturated carbocycles. The molecule has 0 spiro atoms. The van der Waals surface area contributed by atoms with Crippen LogP contribution < -0.4 is 5.73 Å². The van der Waals surface area contributed by atoms with Crippen molar-refractivity contribution >= 4 is 12.0 Å². The van der Waals surface area contributed by atoms with Crippen LogP contribution in [-0.4, -0.2) is 62.6 Å². The van der Waals surface area contributed by atoms with Crippen molar-refractivity contribution in [2.45, 2.75) is 25.4 Å². The summed E-state index contributed by atoms with van der Waals surface area (Å²) in [6.07, 6.45) is 2.66. The molecule has 114 valence electrons. The Kier molecular flexibility index (Phi) is 3.54.